The van der Waals surface area contributed by atoms with Crippen LogP contribution in [0.5, 0.6) is 11.5 Å². The summed E-state index contributed by atoms with van der Waals surface area (Å²) < 4.78 is 46.5. The highest BCUT2D eigenvalue weighted by Gasteiger charge is 2.50. The highest BCUT2D eigenvalue weighted by atomic mass is 35.5. The van der Waals surface area contributed by atoms with Crippen LogP contribution in [-0.2, 0) is 15.2 Å². The van der Waals surface area contributed by atoms with Crippen LogP contribution in [0, 0.1) is 23.5 Å². The van der Waals surface area contributed by atoms with Gasteiger partial charge in [-0.2, -0.15) is 0 Å². The summed E-state index contributed by atoms with van der Waals surface area (Å²) in [4.78, 5) is 12.5. The van der Waals surface area contributed by atoms with E-state index in [1.165, 1.54) is 18.6 Å². The number of anilines is 2. The number of hydrogen-bond donors (Lipinski definition) is 2. The first-order chi connectivity index (χ1) is 20.8. The van der Waals surface area contributed by atoms with Gasteiger partial charge in [0.25, 0.3) is 0 Å². The van der Waals surface area contributed by atoms with E-state index in [9.17, 15) is 13.6 Å². The molecule has 1 aliphatic heterocycles. The Bertz CT molecular complexity index is 1410. The van der Waals surface area contributed by atoms with Crippen molar-refractivity contribution in [3.8, 4) is 11.5 Å². The lowest BCUT2D eigenvalue weighted by molar-refractivity contribution is -0.169. The second kappa shape index (κ2) is 12.2. The van der Waals surface area contributed by atoms with Crippen LogP contribution in [0.3, 0.4) is 0 Å². The Hall–Kier alpha value is -3.52. The van der Waals surface area contributed by atoms with Gasteiger partial charge in [0.05, 0.1) is 24.6 Å². The topological polar surface area (TPSA) is 68.8 Å². The maximum absolute atomic E-state index is 14.3. The van der Waals surface area contributed by atoms with E-state index >= 15 is 0 Å². The highest BCUT2D eigenvalue weighted by molar-refractivity contribution is 6.30. The molecule has 2 N–H and O–H groups in total. The molecule has 0 bridgehead atoms. The molecule has 2 saturated carbocycles. The predicted octanol–water partition coefficient (Wildman–Crippen LogP) is 8.45. The second-order valence-electron chi connectivity index (χ2n) is 11.8. The summed E-state index contributed by atoms with van der Waals surface area (Å²) >= 11 is 6.26. The Balaban J connectivity index is 1.27. The molecule has 1 unspecified atom stereocenters. The van der Waals surface area contributed by atoms with Crippen molar-refractivity contribution in [2.24, 2.45) is 11.8 Å². The third-order valence-corrected chi connectivity index (χ3v) is 9.43. The van der Waals surface area contributed by atoms with Gasteiger partial charge >= 0.3 is 5.97 Å². The fourth-order valence-corrected chi connectivity index (χ4v) is 6.87. The Labute approximate surface area is 256 Å². The fraction of sp³-hybridized carbons (Fsp3) is 0.441. The lowest BCUT2D eigenvalue weighted by Gasteiger charge is -2.44. The lowest BCUT2D eigenvalue weighted by atomic mass is 9.72. The van der Waals surface area contributed by atoms with E-state index in [0.717, 1.165) is 37.7 Å². The third kappa shape index (κ3) is 5.86. The number of nitrogens with one attached hydrogen (secondary N) is 2. The van der Waals surface area contributed by atoms with Gasteiger partial charge in [-0.05, 0) is 86.9 Å². The first-order valence-corrected chi connectivity index (χ1v) is 15.6. The molecule has 0 radical (unpaired) electrons. The minimum atomic E-state index is -0.914. The molecule has 6 nitrogen and oxygen atoms in total. The number of rotatable bonds is 10. The summed E-state index contributed by atoms with van der Waals surface area (Å²) in [6.45, 7) is 2.45. The van der Waals surface area contributed by atoms with Crippen molar-refractivity contribution in [2.75, 3.05) is 23.8 Å². The number of halogens is 3. The summed E-state index contributed by atoms with van der Waals surface area (Å²) in [5, 5.41) is 7.70. The van der Waals surface area contributed by atoms with Crippen molar-refractivity contribution >= 4 is 28.9 Å². The molecule has 9 heteroatoms. The van der Waals surface area contributed by atoms with Crippen LogP contribution < -0.4 is 20.1 Å². The Morgan fingerprint density at radius 3 is 2.07 bits per heavy atom. The molecular weight excluding hydrogens is 574 g/mol. The van der Waals surface area contributed by atoms with E-state index in [2.05, 4.69) is 10.6 Å². The maximum atomic E-state index is 14.3. The molecule has 0 aromatic heterocycles. The van der Waals surface area contributed by atoms with Gasteiger partial charge in [0.15, 0.2) is 11.6 Å². The molecule has 3 aromatic rings. The highest BCUT2D eigenvalue weighted by Crippen LogP contribution is 2.49. The van der Waals surface area contributed by atoms with E-state index in [1.807, 2.05) is 48.5 Å². The van der Waals surface area contributed by atoms with Gasteiger partial charge in [0.2, 0.25) is 5.60 Å². The summed E-state index contributed by atoms with van der Waals surface area (Å²) in [5.74, 6) is -0.698. The van der Waals surface area contributed by atoms with Crippen LogP contribution in [0.1, 0.15) is 63.9 Å². The molecule has 1 atom stereocenters. The molecule has 2 fully saturated rings. The number of carbonyl (C=O) groups excluding carboxylic acids is 1. The number of carbonyl (C=O) groups is 1. The number of fused-ring (bicyclic) bond motifs is 1. The number of hydrogen-bond acceptors (Lipinski definition) is 6. The first-order valence-electron chi connectivity index (χ1n) is 15.2. The van der Waals surface area contributed by atoms with Gasteiger partial charge in [-0.25, -0.2) is 13.6 Å². The van der Waals surface area contributed by atoms with Gasteiger partial charge in [0, 0.05) is 23.1 Å². The van der Waals surface area contributed by atoms with E-state index in [4.69, 9.17) is 25.8 Å². The van der Waals surface area contributed by atoms with Crippen molar-refractivity contribution in [2.45, 2.75) is 69.6 Å². The average Bonchev–Trinajstić information content (AvgIpc) is 3.35. The normalized spacial score (nSPS) is 19.3. The summed E-state index contributed by atoms with van der Waals surface area (Å²) in [5.41, 5.74) is 0.115. The summed E-state index contributed by atoms with van der Waals surface area (Å²) in [6.07, 6.45) is 7.65. The minimum Gasteiger partial charge on any atom is -0.493 e. The van der Waals surface area contributed by atoms with E-state index in [0.29, 0.717) is 59.9 Å². The molecule has 2 aliphatic carbocycles. The predicted molar refractivity (Wildman–Crippen MR) is 163 cm³/mol. The van der Waals surface area contributed by atoms with Crippen LogP contribution in [0.15, 0.2) is 60.7 Å². The standard InChI is InChI=1S/C34H37ClF2N2O4/c1-2-41-32(40)33(17-6-18-33)43-26-15-13-25(14-16-26)42-21-27(22-7-4-3-5-8-22)34(23-9-11-24(35)12-10-23)38-30-19-28(36)29(37)20-31(30)39-34/h9-16,19-20,22,27,38-39H,2-8,17-18,21H2,1H3. The van der Waals surface area contributed by atoms with Crippen LogP contribution in [0.25, 0.3) is 0 Å². The van der Waals surface area contributed by atoms with E-state index in [-0.39, 0.29) is 11.9 Å². The Kier molecular flexibility index (Phi) is 8.40. The van der Waals surface area contributed by atoms with Crippen molar-refractivity contribution in [3.05, 3.63) is 82.9 Å². The molecule has 228 valence electrons. The summed E-state index contributed by atoms with van der Waals surface area (Å²) in [6, 6.07) is 17.3. The molecule has 43 heavy (non-hydrogen) atoms. The van der Waals surface area contributed by atoms with Crippen LogP contribution in [0.4, 0.5) is 20.2 Å². The van der Waals surface area contributed by atoms with Crippen molar-refractivity contribution in [1.29, 1.82) is 0 Å². The zero-order valence-corrected chi connectivity index (χ0v) is 25.0. The molecule has 1 heterocycles. The maximum Gasteiger partial charge on any atom is 0.350 e. The zero-order valence-electron chi connectivity index (χ0n) is 24.3. The molecule has 0 spiro atoms. The quantitative estimate of drug-likeness (QED) is 0.225. The second-order valence-corrected chi connectivity index (χ2v) is 12.3. The molecule has 3 aliphatic rings. The van der Waals surface area contributed by atoms with Crippen molar-refractivity contribution in [3.63, 3.8) is 0 Å². The Morgan fingerprint density at radius 1 is 0.907 bits per heavy atom. The smallest absolute Gasteiger partial charge is 0.350 e. The van der Waals surface area contributed by atoms with Gasteiger partial charge in [-0.3, -0.25) is 0 Å². The van der Waals surface area contributed by atoms with E-state index < -0.39 is 22.9 Å². The minimum absolute atomic E-state index is 0.106. The first kappa shape index (κ1) is 29.5. The third-order valence-electron chi connectivity index (χ3n) is 9.17. The lowest BCUT2D eigenvalue weighted by Crippen LogP contribution is -2.51. The van der Waals surface area contributed by atoms with Crippen molar-refractivity contribution < 1.29 is 27.8 Å². The van der Waals surface area contributed by atoms with Crippen LogP contribution in [0.2, 0.25) is 5.02 Å². The number of esters is 1. The molecule has 6 rings (SSSR count). The van der Waals surface area contributed by atoms with Crippen LogP contribution >= 0.6 is 11.6 Å². The largest absolute Gasteiger partial charge is 0.493 e. The van der Waals surface area contributed by atoms with Gasteiger partial charge < -0.3 is 24.8 Å². The summed E-state index contributed by atoms with van der Waals surface area (Å²) in [7, 11) is 0. The number of ether oxygens (including phenoxy) is 3. The monoisotopic (exact) mass is 610 g/mol. The van der Waals surface area contributed by atoms with Gasteiger partial charge in [-0.15, -0.1) is 0 Å². The molecule has 3 aromatic carbocycles. The molecule has 0 amide bonds. The fourth-order valence-electron chi connectivity index (χ4n) is 6.74. The average molecular weight is 611 g/mol. The van der Waals surface area contributed by atoms with Crippen LogP contribution in [-0.4, -0.2) is 24.8 Å². The van der Waals surface area contributed by atoms with Crippen molar-refractivity contribution in [1.82, 2.24) is 0 Å². The molecule has 0 saturated heterocycles. The molecular formula is C34H37ClF2N2O4. The van der Waals surface area contributed by atoms with Gasteiger partial charge in [0.1, 0.15) is 17.2 Å². The SMILES string of the molecule is CCOC(=O)C1(Oc2ccc(OCC(C3CCCCC3)C3(c4ccc(Cl)cc4)Nc4cc(F)c(F)cc4N3)cc2)CCC1. The zero-order chi connectivity index (χ0) is 30.0. The number of benzene rings is 3. The van der Waals surface area contributed by atoms with E-state index in [1.54, 1.807) is 6.92 Å². The Morgan fingerprint density at radius 2 is 1.51 bits per heavy atom. The van der Waals surface area contributed by atoms with Gasteiger partial charge in [-0.1, -0.05) is 43.0 Å².